The molecule has 0 heteroatoms. The molecule has 0 rings (SSSR count). The van der Waals surface area contributed by atoms with Crippen LogP contribution in [-0.2, 0) is 0 Å². The third-order valence-electron chi connectivity index (χ3n) is 0.500. The smallest absolute Gasteiger partial charge is 0.0470 e. The molecule has 74 valence electrons. The predicted octanol–water partition coefficient (Wildman–Crippen LogP) is 4.99. The first kappa shape index (κ1) is 22.5. The molecule has 0 aromatic carbocycles. The van der Waals surface area contributed by atoms with E-state index in [2.05, 4.69) is 13.2 Å². The highest BCUT2D eigenvalue weighted by Crippen LogP contribution is 1.57. The van der Waals surface area contributed by atoms with Crippen LogP contribution in [0, 0.1) is 0 Å². The molecule has 0 atom stereocenters. The fourth-order valence-corrected chi connectivity index (χ4v) is 0. The van der Waals surface area contributed by atoms with Gasteiger partial charge >= 0.3 is 0 Å². The predicted molar refractivity (Wildman–Crippen MR) is 63.6 cm³/mol. The molecular weight excluding hydrogens is 144 g/mol. The van der Waals surface area contributed by atoms with Gasteiger partial charge in [-0.05, 0) is 13.8 Å². The van der Waals surface area contributed by atoms with Gasteiger partial charge in [0.15, 0.2) is 0 Å². The van der Waals surface area contributed by atoms with Gasteiger partial charge in [-0.1, -0.05) is 65.2 Å². The monoisotopic (exact) mass is 170 g/mol. The number of allylic oxidation sites excluding steroid dienone is 4. The first-order valence-corrected chi connectivity index (χ1v) is 4.64. The Hall–Kier alpha value is -0.780. The lowest BCUT2D eigenvalue weighted by molar-refractivity contribution is 1.50. The third-order valence-corrected chi connectivity index (χ3v) is 0.500. The second kappa shape index (κ2) is 83.8. The summed E-state index contributed by atoms with van der Waals surface area (Å²) < 4.78 is 0. The molecule has 0 aromatic heterocycles. The van der Waals surface area contributed by atoms with E-state index in [0.29, 0.717) is 0 Å². The zero-order valence-corrected chi connectivity index (χ0v) is 9.72. The van der Waals surface area contributed by atoms with Crippen molar-refractivity contribution in [3.8, 4) is 0 Å². The van der Waals surface area contributed by atoms with Crippen molar-refractivity contribution in [1.82, 2.24) is 0 Å². The fraction of sp³-hybridized carbons (Fsp3) is 0.500. The van der Waals surface area contributed by atoms with Crippen molar-refractivity contribution >= 4 is 0 Å². The Morgan fingerprint density at radius 1 is 0.667 bits per heavy atom. The highest BCUT2D eigenvalue weighted by Gasteiger charge is 1.34. The van der Waals surface area contributed by atoms with Crippen molar-refractivity contribution in [3.63, 3.8) is 0 Å². The van der Waals surface area contributed by atoms with Crippen LogP contribution < -0.4 is 0 Å². The summed E-state index contributed by atoms with van der Waals surface area (Å²) in [5, 5.41) is 0. The van der Waals surface area contributed by atoms with Crippen LogP contribution in [0.15, 0.2) is 37.5 Å². The van der Waals surface area contributed by atoms with E-state index in [-0.39, 0.29) is 0 Å². The Labute approximate surface area is 79.7 Å². The van der Waals surface area contributed by atoms with Crippen LogP contribution in [0.1, 0.15) is 41.5 Å². The normalized spacial score (nSPS) is 5.83. The second-order valence-electron chi connectivity index (χ2n) is 1.14. The van der Waals surface area contributed by atoms with Gasteiger partial charge in [-0.25, -0.2) is 0 Å². The van der Waals surface area contributed by atoms with Gasteiger partial charge in [-0.2, -0.15) is 0 Å². The molecule has 0 heterocycles. The molecule has 0 N–H and O–H groups in total. The van der Waals surface area contributed by atoms with Gasteiger partial charge in [0.1, 0.15) is 0 Å². The topological polar surface area (TPSA) is 0 Å². The average Bonchev–Trinajstić information content (AvgIpc) is 2.23. The fourth-order valence-electron chi connectivity index (χ4n) is 0. The summed E-state index contributed by atoms with van der Waals surface area (Å²) in [6.45, 7) is 18.7. The lowest BCUT2D eigenvalue weighted by Gasteiger charge is -1.49. The molecule has 12 heavy (non-hydrogen) atoms. The van der Waals surface area contributed by atoms with Crippen LogP contribution in [0.4, 0.5) is 0 Å². The van der Waals surface area contributed by atoms with Crippen LogP contribution in [0.3, 0.4) is 0 Å². The van der Waals surface area contributed by atoms with E-state index in [1.165, 1.54) is 0 Å². The van der Waals surface area contributed by atoms with Crippen molar-refractivity contribution < 1.29 is 0 Å². The molecule has 0 saturated heterocycles. The SMILES string of the molecule is C/C=C\C.C=CC=C.CC.CC. The van der Waals surface area contributed by atoms with Crippen molar-refractivity contribution in [3.05, 3.63) is 37.5 Å². The summed E-state index contributed by atoms with van der Waals surface area (Å²) in [5.41, 5.74) is 0. The van der Waals surface area contributed by atoms with E-state index in [4.69, 9.17) is 0 Å². The molecule has 0 saturated carbocycles. The molecule has 0 aliphatic carbocycles. The Kier molecular flexibility index (Phi) is 157. The van der Waals surface area contributed by atoms with Crippen LogP contribution in [0.2, 0.25) is 0 Å². The molecule has 0 nitrogen and oxygen atoms in total. The minimum atomic E-state index is 1.64. The summed E-state index contributed by atoms with van der Waals surface area (Å²) in [4.78, 5) is 0. The highest BCUT2D eigenvalue weighted by atomic mass is 13.4. The van der Waals surface area contributed by atoms with Crippen LogP contribution >= 0.6 is 0 Å². The molecule has 0 unspecified atom stereocenters. The summed E-state index contributed by atoms with van der Waals surface area (Å²) in [5.74, 6) is 0. The molecule has 0 radical (unpaired) electrons. The molecule has 0 aliphatic heterocycles. The van der Waals surface area contributed by atoms with Crippen LogP contribution in [-0.4, -0.2) is 0 Å². The second-order valence-corrected chi connectivity index (χ2v) is 1.14. The zero-order valence-electron chi connectivity index (χ0n) is 9.72. The quantitative estimate of drug-likeness (QED) is 0.384. The molecule has 0 bridgehead atoms. The van der Waals surface area contributed by atoms with Gasteiger partial charge in [0, 0.05) is 0 Å². The van der Waals surface area contributed by atoms with Crippen molar-refractivity contribution in [1.29, 1.82) is 0 Å². The van der Waals surface area contributed by atoms with E-state index in [0.717, 1.165) is 0 Å². The standard InChI is InChI=1S/C4H8.C4H6.2C2H6/c2*1-3-4-2;2*1-2/h3-4H,1-2H3;3-4H,1-2H2;2*1-2H3/b4-3-;;;. The lowest BCUT2D eigenvalue weighted by atomic mass is 10.6. The Morgan fingerprint density at radius 2 is 0.833 bits per heavy atom. The van der Waals surface area contributed by atoms with Crippen molar-refractivity contribution in [2.75, 3.05) is 0 Å². The van der Waals surface area contributed by atoms with Crippen LogP contribution in [0.5, 0.6) is 0 Å². The van der Waals surface area contributed by atoms with Gasteiger partial charge in [0.05, 0.1) is 0 Å². The number of rotatable bonds is 1. The Balaban J connectivity index is -0.0000000380. The van der Waals surface area contributed by atoms with Gasteiger partial charge < -0.3 is 0 Å². The maximum Gasteiger partial charge on any atom is -0.0470 e. The average molecular weight is 170 g/mol. The lowest BCUT2D eigenvalue weighted by Crippen LogP contribution is -1.26. The minimum absolute atomic E-state index is 1.64. The van der Waals surface area contributed by atoms with Crippen molar-refractivity contribution in [2.24, 2.45) is 0 Å². The van der Waals surface area contributed by atoms with E-state index >= 15 is 0 Å². The third kappa shape index (κ3) is 419. The minimum Gasteiger partial charge on any atom is -0.0991 e. The molecule has 0 fully saturated rings. The molecule has 0 aliphatic rings. The molecule has 0 aromatic rings. The molecular formula is C12H26. The Morgan fingerprint density at radius 3 is 0.833 bits per heavy atom. The van der Waals surface area contributed by atoms with E-state index in [1.807, 2.05) is 53.7 Å². The van der Waals surface area contributed by atoms with E-state index in [9.17, 15) is 0 Å². The summed E-state index contributed by atoms with van der Waals surface area (Å²) in [7, 11) is 0. The molecule has 0 spiro atoms. The number of hydrogen-bond donors (Lipinski definition) is 0. The van der Waals surface area contributed by atoms with Gasteiger partial charge in [-0.3, -0.25) is 0 Å². The number of hydrogen-bond acceptors (Lipinski definition) is 0. The highest BCUT2D eigenvalue weighted by molar-refractivity contribution is 4.88. The summed E-state index contributed by atoms with van der Waals surface area (Å²) in [6.07, 6.45) is 7.28. The van der Waals surface area contributed by atoms with E-state index in [1.54, 1.807) is 12.2 Å². The first-order valence-electron chi connectivity index (χ1n) is 4.64. The van der Waals surface area contributed by atoms with Gasteiger partial charge in [-0.15, -0.1) is 0 Å². The Bertz CT molecular complexity index is 58.1. The first-order chi connectivity index (χ1) is 5.83. The van der Waals surface area contributed by atoms with Crippen LogP contribution in [0.25, 0.3) is 0 Å². The maximum atomic E-state index is 3.36. The van der Waals surface area contributed by atoms with Gasteiger partial charge in [0.2, 0.25) is 0 Å². The van der Waals surface area contributed by atoms with Gasteiger partial charge in [0.25, 0.3) is 0 Å². The molecule has 0 amide bonds. The summed E-state index contributed by atoms with van der Waals surface area (Å²) >= 11 is 0. The maximum absolute atomic E-state index is 3.36. The van der Waals surface area contributed by atoms with E-state index < -0.39 is 0 Å². The largest absolute Gasteiger partial charge is 0.0991 e. The summed E-state index contributed by atoms with van der Waals surface area (Å²) in [6, 6.07) is 0. The zero-order chi connectivity index (χ0) is 10.8. The van der Waals surface area contributed by atoms with Crippen molar-refractivity contribution in [2.45, 2.75) is 41.5 Å².